The number of anilines is 1. The molecule has 2 aromatic rings. The van der Waals surface area contributed by atoms with Gasteiger partial charge in [-0.15, -0.1) is 0 Å². The molecule has 5 nitrogen and oxygen atoms in total. The van der Waals surface area contributed by atoms with Crippen molar-refractivity contribution >= 4 is 11.6 Å². The summed E-state index contributed by atoms with van der Waals surface area (Å²) in [4.78, 5) is 11.2. The Morgan fingerprint density at radius 1 is 1.20 bits per heavy atom. The number of benzene rings is 1. The van der Waals surface area contributed by atoms with Gasteiger partial charge in [0.1, 0.15) is 17.5 Å². The zero-order valence-electron chi connectivity index (χ0n) is 11.6. The van der Waals surface area contributed by atoms with Crippen LogP contribution < -0.4 is 5.32 Å². The molecule has 1 fully saturated rings. The first-order valence-electron chi connectivity index (χ1n) is 6.52. The summed E-state index contributed by atoms with van der Waals surface area (Å²) in [5.74, 6) is 0.438. The number of aromatic nitrogens is 1. The maximum absolute atomic E-state index is 11.2. The standard InChI is InChI=1S/C15H16N2O3/c1-8-4-6-11(7-5-8)13-15(19-13)14-12(16-10(3)18)9(2)17-20-14/h4-7,13,15H,1-3H3,(H,16,18)/t13-,15+/m0/s1. The zero-order chi connectivity index (χ0) is 14.3. The van der Waals surface area contributed by atoms with E-state index in [0.29, 0.717) is 17.1 Å². The quantitative estimate of drug-likeness (QED) is 0.872. The number of epoxide rings is 1. The number of hydrogen-bond acceptors (Lipinski definition) is 4. The van der Waals surface area contributed by atoms with Gasteiger partial charge in [-0.1, -0.05) is 35.0 Å². The van der Waals surface area contributed by atoms with Gasteiger partial charge in [0, 0.05) is 6.92 Å². The zero-order valence-corrected chi connectivity index (χ0v) is 11.6. The first-order valence-corrected chi connectivity index (χ1v) is 6.52. The van der Waals surface area contributed by atoms with Crippen molar-refractivity contribution in [2.24, 2.45) is 0 Å². The Balaban J connectivity index is 1.82. The van der Waals surface area contributed by atoms with Gasteiger partial charge in [0.05, 0.1) is 0 Å². The third-order valence-corrected chi connectivity index (χ3v) is 3.35. The average Bonchev–Trinajstić information content (AvgIpc) is 3.11. The minimum atomic E-state index is -0.180. The first-order chi connectivity index (χ1) is 9.56. The number of nitrogens with zero attached hydrogens (tertiary/aromatic N) is 1. The smallest absolute Gasteiger partial charge is 0.221 e. The van der Waals surface area contributed by atoms with Crippen LogP contribution in [0.15, 0.2) is 28.8 Å². The molecule has 0 radical (unpaired) electrons. The summed E-state index contributed by atoms with van der Waals surface area (Å²) in [5, 5.41) is 6.65. The van der Waals surface area contributed by atoms with Crippen LogP contribution in [0, 0.1) is 13.8 Å². The van der Waals surface area contributed by atoms with Gasteiger partial charge >= 0.3 is 0 Å². The molecule has 1 aliphatic rings. The van der Waals surface area contributed by atoms with Crippen molar-refractivity contribution in [1.82, 2.24) is 5.16 Å². The Kier molecular flexibility index (Phi) is 3.06. The van der Waals surface area contributed by atoms with E-state index in [1.165, 1.54) is 12.5 Å². The Labute approximate surface area is 116 Å². The summed E-state index contributed by atoms with van der Waals surface area (Å²) in [6.45, 7) is 5.30. The van der Waals surface area contributed by atoms with Crippen molar-refractivity contribution in [1.29, 1.82) is 0 Å². The summed E-state index contributed by atoms with van der Waals surface area (Å²) in [6, 6.07) is 8.19. The van der Waals surface area contributed by atoms with Crippen molar-refractivity contribution in [2.75, 3.05) is 5.32 Å². The lowest BCUT2D eigenvalue weighted by molar-refractivity contribution is -0.114. The van der Waals surface area contributed by atoms with Gasteiger partial charge in [-0.25, -0.2) is 0 Å². The summed E-state index contributed by atoms with van der Waals surface area (Å²) < 4.78 is 11.0. The predicted molar refractivity (Wildman–Crippen MR) is 73.3 cm³/mol. The molecular weight excluding hydrogens is 256 g/mol. The second-order valence-corrected chi connectivity index (χ2v) is 5.08. The van der Waals surface area contributed by atoms with Crippen LogP contribution in [0.5, 0.6) is 0 Å². The molecule has 20 heavy (non-hydrogen) atoms. The van der Waals surface area contributed by atoms with Crippen LogP contribution in [0.4, 0.5) is 5.69 Å². The molecule has 0 spiro atoms. The number of carbonyl (C=O) groups excluding carboxylic acids is 1. The Morgan fingerprint density at radius 2 is 1.90 bits per heavy atom. The van der Waals surface area contributed by atoms with Crippen molar-refractivity contribution in [3.05, 3.63) is 46.8 Å². The minimum Gasteiger partial charge on any atom is -0.356 e. The van der Waals surface area contributed by atoms with Crippen LogP contribution in [0.2, 0.25) is 0 Å². The highest BCUT2D eigenvalue weighted by molar-refractivity contribution is 5.89. The largest absolute Gasteiger partial charge is 0.356 e. The Bertz CT molecular complexity index is 646. The summed E-state index contributed by atoms with van der Waals surface area (Å²) in [6.07, 6.45) is -0.212. The molecule has 2 heterocycles. The molecule has 1 aromatic carbocycles. The molecule has 3 rings (SSSR count). The second kappa shape index (κ2) is 4.76. The molecule has 1 amide bonds. The lowest BCUT2D eigenvalue weighted by Gasteiger charge is -2.00. The summed E-state index contributed by atoms with van der Waals surface area (Å²) in [7, 11) is 0. The van der Waals surface area contributed by atoms with Crippen molar-refractivity contribution in [3.63, 3.8) is 0 Å². The number of nitrogens with one attached hydrogen (secondary N) is 1. The number of ether oxygens (including phenoxy) is 1. The van der Waals surface area contributed by atoms with E-state index in [1.54, 1.807) is 6.92 Å². The Morgan fingerprint density at radius 3 is 2.55 bits per heavy atom. The van der Waals surface area contributed by atoms with Crippen LogP contribution in [0.1, 0.15) is 41.7 Å². The van der Waals surface area contributed by atoms with Crippen molar-refractivity contribution < 1.29 is 14.1 Å². The lowest BCUT2D eigenvalue weighted by atomic mass is 10.1. The van der Waals surface area contributed by atoms with Gasteiger partial charge in [-0.2, -0.15) is 0 Å². The fraction of sp³-hybridized carbons (Fsp3) is 0.333. The highest BCUT2D eigenvalue weighted by Crippen LogP contribution is 2.53. The van der Waals surface area contributed by atoms with Crippen LogP contribution >= 0.6 is 0 Å². The van der Waals surface area contributed by atoms with E-state index in [4.69, 9.17) is 9.26 Å². The number of rotatable bonds is 3. The normalized spacial score (nSPS) is 20.8. The Hall–Kier alpha value is -2.14. The second-order valence-electron chi connectivity index (χ2n) is 5.08. The minimum absolute atomic E-state index is 0.0320. The van der Waals surface area contributed by atoms with E-state index >= 15 is 0 Å². The highest BCUT2D eigenvalue weighted by atomic mass is 16.6. The molecule has 2 atom stereocenters. The fourth-order valence-corrected chi connectivity index (χ4v) is 2.23. The fourth-order valence-electron chi connectivity index (χ4n) is 2.23. The van der Waals surface area contributed by atoms with Gasteiger partial charge in [0.15, 0.2) is 11.9 Å². The lowest BCUT2D eigenvalue weighted by Crippen LogP contribution is -2.07. The summed E-state index contributed by atoms with van der Waals surface area (Å²) in [5.41, 5.74) is 3.59. The topological polar surface area (TPSA) is 67.7 Å². The van der Waals surface area contributed by atoms with Crippen LogP contribution in [0.3, 0.4) is 0 Å². The maximum Gasteiger partial charge on any atom is 0.221 e. The molecule has 1 saturated heterocycles. The van der Waals surface area contributed by atoms with Gasteiger partial charge < -0.3 is 14.6 Å². The van der Waals surface area contributed by atoms with Gasteiger partial charge in [-0.05, 0) is 19.4 Å². The molecule has 104 valence electrons. The SMILES string of the molecule is CC(=O)Nc1c(C)noc1[C@@H]1O[C@H]1c1ccc(C)cc1. The van der Waals surface area contributed by atoms with Crippen molar-refractivity contribution in [2.45, 2.75) is 33.0 Å². The van der Waals surface area contributed by atoms with E-state index in [1.807, 2.05) is 19.1 Å². The van der Waals surface area contributed by atoms with Crippen LogP contribution in [0.25, 0.3) is 0 Å². The van der Waals surface area contributed by atoms with E-state index in [9.17, 15) is 4.79 Å². The first kappa shape index (κ1) is 12.9. The van der Waals surface area contributed by atoms with Gasteiger partial charge in [0.25, 0.3) is 0 Å². The molecule has 0 saturated carbocycles. The van der Waals surface area contributed by atoms with E-state index in [-0.39, 0.29) is 18.1 Å². The van der Waals surface area contributed by atoms with Crippen LogP contribution in [-0.2, 0) is 9.53 Å². The van der Waals surface area contributed by atoms with E-state index in [0.717, 1.165) is 5.56 Å². The number of amides is 1. The molecule has 0 unspecified atom stereocenters. The van der Waals surface area contributed by atoms with E-state index in [2.05, 4.69) is 22.6 Å². The monoisotopic (exact) mass is 272 g/mol. The maximum atomic E-state index is 11.2. The summed E-state index contributed by atoms with van der Waals surface area (Å²) >= 11 is 0. The number of aryl methyl sites for hydroxylation is 2. The van der Waals surface area contributed by atoms with E-state index < -0.39 is 0 Å². The van der Waals surface area contributed by atoms with Crippen molar-refractivity contribution in [3.8, 4) is 0 Å². The third kappa shape index (κ3) is 2.32. The van der Waals surface area contributed by atoms with Gasteiger partial charge in [-0.3, -0.25) is 4.79 Å². The van der Waals surface area contributed by atoms with Crippen LogP contribution in [-0.4, -0.2) is 11.1 Å². The molecule has 1 N–H and O–H groups in total. The number of hydrogen-bond donors (Lipinski definition) is 1. The van der Waals surface area contributed by atoms with Gasteiger partial charge in [0.2, 0.25) is 5.91 Å². The molecule has 1 aromatic heterocycles. The highest BCUT2D eigenvalue weighted by Gasteiger charge is 2.46. The molecule has 0 bridgehead atoms. The molecule has 5 heteroatoms. The molecule has 1 aliphatic heterocycles. The molecule has 0 aliphatic carbocycles. The third-order valence-electron chi connectivity index (χ3n) is 3.35. The molecular formula is C15H16N2O3. The predicted octanol–water partition coefficient (Wildman–Crippen LogP) is 3.06. The average molecular weight is 272 g/mol. The number of carbonyl (C=O) groups is 1.